The van der Waals surface area contributed by atoms with Gasteiger partial charge >= 0.3 is 5.97 Å². The SMILES string of the molecule is CCOc1ccc(NC(=O)CCC(=O)OC)c(-c2nn3nc(C(C)(C)C)c(Cl)c3[nH]2)c1. The highest BCUT2D eigenvalue weighted by molar-refractivity contribution is 6.34. The summed E-state index contributed by atoms with van der Waals surface area (Å²) in [7, 11) is 1.29. The lowest BCUT2D eigenvalue weighted by molar-refractivity contribution is -0.141. The fraction of sp³-hybridized carbons (Fsp3) is 0.429. The van der Waals surface area contributed by atoms with E-state index in [9.17, 15) is 9.59 Å². The van der Waals surface area contributed by atoms with Crippen LogP contribution in [0.1, 0.15) is 46.2 Å². The molecule has 0 atom stereocenters. The van der Waals surface area contributed by atoms with Crippen molar-refractivity contribution in [1.29, 1.82) is 0 Å². The topological polar surface area (TPSA) is 111 Å². The molecule has 0 spiro atoms. The molecule has 3 aromatic rings. The van der Waals surface area contributed by atoms with Crippen LogP contribution in [0, 0.1) is 0 Å². The van der Waals surface area contributed by atoms with Gasteiger partial charge in [-0.3, -0.25) is 9.59 Å². The number of benzene rings is 1. The smallest absolute Gasteiger partial charge is 0.306 e. The van der Waals surface area contributed by atoms with Crippen molar-refractivity contribution in [3.05, 3.63) is 28.9 Å². The Morgan fingerprint density at radius 1 is 1.23 bits per heavy atom. The van der Waals surface area contributed by atoms with Gasteiger partial charge in [0, 0.05) is 17.4 Å². The van der Waals surface area contributed by atoms with Gasteiger partial charge in [-0.15, -0.1) is 9.73 Å². The molecule has 9 nitrogen and oxygen atoms in total. The van der Waals surface area contributed by atoms with Crippen molar-refractivity contribution in [1.82, 2.24) is 19.8 Å². The van der Waals surface area contributed by atoms with Crippen molar-refractivity contribution < 1.29 is 19.1 Å². The first-order chi connectivity index (χ1) is 14.6. The molecule has 1 amide bonds. The summed E-state index contributed by atoms with van der Waals surface area (Å²) < 4.78 is 11.6. The Hall–Kier alpha value is -3.07. The minimum absolute atomic E-state index is 0.00156. The molecule has 0 bridgehead atoms. The highest BCUT2D eigenvalue weighted by Gasteiger charge is 2.25. The van der Waals surface area contributed by atoms with Gasteiger partial charge in [0.25, 0.3) is 0 Å². The number of anilines is 1. The van der Waals surface area contributed by atoms with Gasteiger partial charge in [0.1, 0.15) is 10.8 Å². The number of rotatable bonds is 7. The van der Waals surface area contributed by atoms with Gasteiger partial charge < -0.3 is 19.8 Å². The van der Waals surface area contributed by atoms with Gasteiger partial charge in [-0.2, -0.15) is 5.10 Å². The third kappa shape index (κ3) is 4.99. The number of aromatic amines is 1. The summed E-state index contributed by atoms with van der Waals surface area (Å²) in [6, 6.07) is 5.25. The molecule has 2 aromatic heterocycles. The lowest BCUT2D eigenvalue weighted by atomic mass is 9.92. The predicted octanol–water partition coefficient (Wildman–Crippen LogP) is 3.97. The van der Waals surface area contributed by atoms with E-state index in [1.807, 2.05) is 27.7 Å². The van der Waals surface area contributed by atoms with Crippen LogP contribution in [0.3, 0.4) is 0 Å². The van der Waals surface area contributed by atoms with E-state index in [0.29, 0.717) is 40.1 Å². The number of carbonyl (C=O) groups excluding carboxylic acids is 2. The van der Waals surface area contributed by atoms with Gasteiger partial charge in [-0.1, -0.05) is 32.4 Å². The van der Waals surface area contributed by atoms with Crippen molar-refractivity contribution in [3.63, 3.8) is 0 Å². The Morgan fingerprint density at radius 2 is 1.97 bits per heavy atom. The molecular weight excluding hydrogens is 422 g/mol. The number of nitrogens with zero attached hydrogens (tertiary/aromatic N) is 3. The van der Waals surface area contributed by atoms with Gasteiger partial charge in [-0.05, 0) is 25.1 Å². The number of amides is 1. The number of nitrogens with one attached hydrogen (secondary N) is 2. The molecule has 0 aliphatic heterocycles. The predicted molar refractivity (Wildman–Crippen MR) is 118 cm³/mol. The maximum absolute atomic E-state index is 12.3. The Morgan fingerprint density at radius 3 is 2.58 bits per heavy atom. The second kappa shape index (κ2) is 8.97. The fourth-order valence-corrected chi connectivity index (χ4v) is 3.46. The van der Waals surface area contributed by atoms with Crippen molar-refractivity contribution in [2.45, 2.75) is 46.0 Å². The van der Waals surface area contributed by atoms with E-state index in [1.54, 1.807) is 18.2 Å². The van der Waals surface area contributed by atoms with Gasteiger partial charge in [0.2, 0.25) is 5.91 Å². The van der Waals surface area contributed by atoms with Crippen LogP contribution in [-0.2, 0) is 19.7 Å². The van der Waals surface area contributed by atoms with Crippen LogP contribution in [-0.4, -0.2) is 45.4 Å². The monoisotopic (exact) mass is 447 g/mol. The molecule has 3 rings (SSSR count). The summed E-state index contributed by atoms with van der Waals surface area (Å²) in [6.07, 6.45) is -0.00394. The second-order valence-electron chi connectivity index (χ2n) is 7.99. The first kappa shape index (κ1) is 22.6. The molecular formula is C21H26ClN5O4. The third-order valence-corrected chi connectivity index (χ3v) is 4.93. The molecule has 0 fully saturated rings. The molecule has 0 aliphatic rings. The minimum atomic E-state index is -0.446. The lowest BCUT2D eigenvalue weighted by Gasteiger charge is -2.15. The Balaban J connectivity index is 1.97. The summed E-state index contributed by atoms with van der Waals surface area (Å²) in [4.78, 5) is 26.8. The first-order valence-corrected chi connectivity index (χ1v) is 10.3. The zero-order valence-corrected chi connectivity index (χ0v) is 19.0. The highest BCUT2D eigenvalue weighted by atomic mass is 35.5. The Labute approximate surface area is 185 Å². The molecule has 2 heterocycles. The van der Waals surface area contributed by atoms with E-state index in [1.165, 1.54) is 11.7 Å². The number of carbonyl (C=O) groups is 2. The Kier molecular flexibility index (Phi) is 6.54. The van der Waals surface area contributed by atoms with Crippen LogP contribution < -0.4 is 10.1 Å². The number of methoxy groups -OCH3 is 1. The maximum atomic E-state index is 12.3. The van der Waals surface area contributed by atoms with E-state index < -0.39 is 5.97 Å². The average Bonchev–Trinajstić information content (AvgIpc) is 3.26. The average molecular weight is 448 g/mol. The zero-order chi connectivity index (χ0) is 22.8. The van der Waals surface area contributed by atoms with Crippen LogP contribution in [0.25, 0.3) is 17.0 Å². The number of hydrogen-bond donors (Lipinski definition) is 2. The van der Waals surface area contributed by atoms with Crippen LogP contribution in [0.2, 0.25) is 5.02 Å². The summed E-state index contributed by atoms with van der Waals surface area (Å²) in [5.74, 6) is 0.328. The molecule has 0 saturated carbocycles. The Bertz CT molecular complexity index is 1110. The zero-order valence-electron chi connectivity index (χ0n) is 18.2. The number of halogens is 1. The molecule has 31 heavy (non-hydrogen) atoms. The molecule has 2 N–H and O–H groups in total. The molecule has 10 heteroatoms. The van der Waals surface area contributed by atoms with E-state index in [0.717, 1.165) is 5.69 Å². The van der Waals surface area contributed by atoms with Crippen LogP contribution in [0.5, 0.6) is 5.75 Å². The normalized spacial score (nSPS) is 11.5. The summed E-state index contributed by atoms with van der Waals surface area (Å²) in [6.45, 7) is 8.45. The molecule has 0 radical (unpaired) electrons. The molecule has 0 unspecified atom stereocenters. The standard InChI is InChI=1S/C21H26ClN5O4/c1-6-31-12-7-8-14(23-15(28)9-10-16(29)30-5)13(11-12)19-24-20-17(22)18(21(2,3)4)25-27(20)26-19/h7-8,11H,6,9-10H2,1-5H3,(H,23,28)(H,24,26). The van der Waals surface area contributed by atoms with E-state index in [-0.39, 0.29) is 24.2 Å². The van der Waals surface area contributed by atoms with Gasteiger partial charge in [-0.25, -0.2) is 0 Å². The molecule has 166 valence electrons. The number of hydrogen-bond acceptors (Lipinski definition) is 6. The number of ether oxygens (including phenoxy) is 2. The van der Waals surface area contributed by atoms with Crippen molar-refractivity contribution in [2.75, 3.05) is 19.0 Å². The van der Waals surface area contributed by atoms with Gasteiger partial charge in [0.05, 0.1) is 31.5 Å². The first-order valence-electron chi connectivity index (χ1n) is 9.93. The summed E-state index contributed by atoms with van der Waals surface area (Å²) >= 11 is 6.54. The minimum Gasteiger partial charge on any atom is -0.494 e. The van der Waals surface area contributed by atoms with E-state index in [4.69, 9.17) is 16.3 Å². The van der Waals surface area contributed by atoms with Crippen LogP contribution in [0.15, 0.2) is 18.2 Å². The quantitative estimate of drug-likeness (QED) is 0.530. The van der Waals surface area contributed by atoms with Crippen LogP contribution in [0.4, 0.5) is 5.69 Å². The highest BCUT2D eigenvalue weighted by Crippen LogP contribution is 2.34. The lowest BCUT2D eigenvalue weighted by Crippen LogP contribution is -2.15. The van der Waals surface area contributed by atoms with E-state index >= 15 is 0 Å². The number of aromatic nitrogens is 4. The van der Waals surface area contributed by atoms with Crippen molar-refractivity contribution >= 4 is 34.8 Å². The maximum Gasteiger partial charge on any atom is 0.306 e. The third-order valence-electron chi connectivity index (χ3n) is 4.57. The van der Waals surface area contributed by atoms with Gasteiger partial charge in [0.15, 0.2) is 11.5 Å². The molecule has 0 saturated heterocycles. The second-order valence-corrected chi connectivity index (χ2v) is 8.37. The van der Waals surface area contributed by atoms with Crippen LogP contribution >= 0.6 is 11.6 Å². The molecule has 1 aromatic carbocycles. The van der Waals surface area contributed by atoms with E-state index in [2.05, 4.69) is 25.2 Å². The van der Waals surface area contributed by atoms with Crippen molar-refractivity contribution in [3.8, 4) is 17.1 Å². The van der Waals surface area contributed by atoms with Crippen molar-refractivity contribution in [2.24, 2.45) is 0 Å². The summed E-state index contributed by atoms with van der Waals surface area (Å²) in [5, 5.41) is 12.3. The summed E-state index contributed by atoms with van der Waals surface area (Å²) in [5.41, 5.74) is 2.18. The number of fused-ring (bicyclic) bond motifs is 1. The molecule has 0 aliphatic carbocycles. The number of H-pyrrole nitrogens is 1. The fourth-order valence-electron chi connectivity index (χ4n) is 3.01. The largest absolute Gasteiger partial charge is 0.494 e. The number of esters is 1.